The van der Waals surface area contributed by atoms with Crippen molar-refractivity contribution in [3.63, 3.8) is 0 Å². The Morgan fingerprint density at radius 1 is 1.12 bits per heavy atom. The van der Waals surface area contributed by atoms with E-state index in [0.717, 1.165) is 6.42 Å². The zero-order valence-electron chi connectivity index (χ0n) is 13.5. The SMILES string of the molecule is O=C(NCCc1ccccc1)[C@H]1CC(=O)N(c2ccc(Cl)c(Cl)c2)C1. The van der Waals surface area contributed by atoms with Gasteiger partial charge in [0.25, 0.3) is 0 Å². The van der Waals surface area contributed by atoms with Gasteiger partial charge in [0.1, 0.15) is 0 Å². The zero-order valence-corrected chi connectivity index (χ0v) is 15.1. The molecule has 1 aliphatic rings. The first-order valence-corrected chi connectivity index (χ1v) is 8.87. The fraction of sp³-hybridized carbons (Fsp3) is 0.263. The second-order valence-electron chi connectivity index (χ2n) is 6.03. The molecule has 1 fully saturated rings. The second-order valence-corrected chi connectivity index (χ2v) is 6.84. The van der Waals surface area contributed by atoms with Gasteiger partial charge in [-0.05, 0) is 30.2 Å². The maximum absolute atomic E-state index is 12.3. The molecule has 0 aliphatic carbocycles. The van der Waals surface area contributed by atoms with Crippen LogP contribution < -0.4 is 10.2 Å². The van der Waals surface area contributed by atoms with Gasteiger partial charge >= 0.3 is 0 Å². The standard InChI is InChI=1S/C19H18Cl2N2O2/c20-16-7-6-15(11-17(16)21)23-12-14(10-18(23)24)19(25)22-9-8-13-4-2-1-3-5-13/h1-7,11,14H,8-10,12H2,(H,22,25)/t14-/m0/s1. The number of anilines is 1. The van der Waals surface area contributed by atoms with E-state index >= 15 is 0 Å². The molecule has 3 rings (SSSR count). The summed E-state index contributed by atoms with van der Waals surface area (Å²) in [5.41, 5.74) is 1.83. The number of rotatable bonds is 5. The highest BCUT2D eigenvalue weighted by molar-refractivity contribution is 6.42. The maximum atomic E-state index is 12.3. The highest BCUT2D eigenvalue weighted by Gasteiger charge is 2.35. The summed E-state index contributed by atoms with van der Waals surface area (Å²) in [5.74, 6) is -0.522. The number of hydrogen-bond donors (Lipinski definition) is 1. The second kappa shape index (κ2) is 7.89. The van der Waals surface area contributed by atoms with Gasteiger partial charge < -0.3 is 10.2 Å². The highest BCUT2D eigenvalue weighted by atomic mass is 35.5. The minimum Gasteiger partial charge on any atom is -0.355 e. The quantitative estimate of drug-likeness (QED) is 0.864. The Bertz CT molecular complexity index is 780. The van der Waals surface area contributed by atoms with Crippen LogP contribution in [-0.2, 0) is 16.0 Å². The summed E-state index contributed by atoms with van der Waals surface area (Å²) < 4.78 is 0. The molecule has 2 aromatic carbocycles. The first-order chi connectivity index (χ1) is 12.0. The smallest absolute Gasteiger partial charge is 0.227 e. The van der Waals surface area contributed by atoms with Gasteiger partial charge in [0.2, 0.25) is 11.8 Å². The van der Waals surface area contributed by atoms with Gasteiger partial charge in [0.05, 0.1) is 16.0 Å². The monoisotopic (exact) mass is 376 g/mol. The average molecular weight is 377 g/mol. The van der Waals surface area contributed by atoms with Gasteiger partial charge in [-0.3, -0.25) is 9.59 Å². The molecule has 1 N–H and O–H groups in total. The number of benzene rings is 2. The Hall–Kier alpha value is -2.04. The number of amides is 2. The number of hydrogen-bond acceptors (Lipinski definition) is 2. The minimum absolute atomic E-state index is 0.0819. The average Bonchev–Trinajstić information content (AvgIpc) is 3.00. The molecular weight excluding hydrogens is 359 g/mol. The topological polar surface area (TPSA) is 49.4 Å². The highest BCUT2D eigenvalue weighted by Crippen LogP contribution is 2.31. The summed E-state index contributed by atoms with van der Waals surface area (Å²) in [6.07, 6.45) is 0.973. The Balaban J connectivity index is 1.56. The van der Waals surface area contributed by atoms with E-state index in [1.54, 1.807) is 23.1 Å². The lowest BCUT2D eigenvalue weighted by Gasteiger charge is -2.17. The van der Waals surface area contributed by atoms with Crippen LogP contribution in [-0.4, -0.2) is 24.9 Å². The molecule has 4 nitrogen and oxygen atoms in total. The Morgan fingerprint density at radius 3 is 2.60 bits per heavy atom. The van der Waals surface area contributed by atoms with E-state index in [0.29, 0.717) is 28.8 Å². The van der Waals surface area contributed by atoms with E-state index in [9.17, 15) is 9.59 Å². The van der Waals surface area contributed by atoms with Crippen molar-refractivity contribution in [1.82, 2.24) is 5.32 Å². The predicted molar refractivity (Wildman–Crippen MR) is 100 cm³/mol. The summed E-state index contributed by atoms with van der Waals surface area (Å²) in [4.78, 5) is 26.2. The lowest BCUT2D eigenvalue weighted by atomic mass is 10.1. The normalized spacial score (nSPS) is 17.0. The fourth-order valence-corrected chi connectivity index (χ4v) is 3.20. The predicted octanol–water partition coefficient (Wildman–Crippen LogP) is 3.71. The minimum atomic E-state index is -0.349. The van der Waals surface area contributed by atoms with Crippen LogP contribution in [0.1, 0.15) is 12.0 Å². The van der Waals surface area contributed by atoms with Crippen molar-refractivity contribution in [1.29, 1.82) is 0 Å². The molecule has 0 bridgehead atoms. The first-order valence-electron chi connectivity index (χ1n) is 8.11. The summed E-state index contributed by atoms with van der Waals surface area (Å²) >= 11 is 11.9. The van der Waals surface area contributed by atoms with Gasteiger partial charge in [0, 0.05) is 25.2 Å². The zero-order chi connectivity index (χ0) is 17.8. The summed E-state index contributed by atoms with van der Waals surface area (Å²) in [5, 5.41) is 3.75. The number of carbonyl (C=O) groups is 2. The van der Waals surface area contributed by atoms with Crippen LogP contribution in [0.15, 0.2) is 48.5 Å². The first kappa shape index (κ1) is 17.8. The van der Waals surface area contributed by atoms with E-state index in [1.807, 2.05) is 30.3 Å². The van der Waals surface area contributed by atoms with E-state index in [1.165, 1.54) is 5.56 Å². The van der Waals surface area contributed by atoms with Crippen molar-refractivity contribution in [2.75, 3.05) is 18.0 Å². The number of halogens is 2. The molecule has 1 saturated heterocycles. The molecule has 6 heteroatoms. The van der Waals surface area contributed by atoms with Crippen LogP contribution in [0.2, 0.25) is 10.0 Å². The number of carbonyl (C=O) groups excluding carboxylic acids is 2. The van der Waals surface area contributed by atoms with E-state index in [2.05, 4.69) is 5.32 Å². The van der Waals surface area contributed by atoms with Gasteiger partial charge in [-0.15, -0.1) is 0 Å². The molecule has 0 radical (unpaired) electrons. The number of nitrogens with one attached hydrogen (secondary N) is 1. The van der Waals surface area contributed by atoms with Gasteiger partial charge in [0.15, 0.2) is 0 Å². The van der Waals surface area contributed by atoms with Crippen molar-refractivity contribution in [2.24, 2.45) is 5.92 Å². The molecule has 0 saturated carbocycles. The van der Waals surface area contributed by atoms with Crippen LogP contribution >= 0.6 is 23.2 Å². The van der Waals surface area contributed by atoms with Crippen molar-refractivity contribution in [3.8, 4) is 0 Å². The van der Waals surface area contributed by atoms with E-state index in [4.69, 9.17) is 23.2 Å². The Morgan fingerprint density at radius 2 is 1.88 bits per heavy atom. The van der Waals surface area contributed by atoms with E-state index < -0.39 is 0 Å². The largest absolute Gasteiger partial charge is 0.355 e. The third-order valence-electron chi connectivity index (χ3n) is 4.27. The van der Waals surface area contributed by atoms with Crippen molar-refractivity contribution in [2.45, 2.75) is 12.8 Å². The molecule has 0 aromatic heterocycles. The molecule has 130 valence electrons. The summed E-state index contributed by atoms with van der Waals surface area (Å²) in [6, 6.07) is 15.0. The van der Waals surface area contributed by atoms with Gasteiger partial charge in [-0.25, -0.2) is 0 Å². The van der Waals surface area contributed by atoms with Crippen molar-refractivity contribution < 1.29 is 9.59 Å². The van der Waals surface area contributed by atoms with Crippen LogP contribution in [0.5, 0.6) is 0 Å². The van der Waals surface area contributed by atoms with Crippen molar-refractivity contribution >= 4 is 40.7 Å². The van der Waals surface area contributed by atoms with Crippen LogP contribution in [0.25, 0.3) is 0 Å². The van der Waals surface area contributed by atoms with Crippen LogP contribution in [0.3, 0.4) is 0 Å². The lowest BCUT2D eigenvalue weighted by molar-refractivity contribution is -0.126. The van der Waals surface area contributed by atoms with E-state index in [-0.39, 0.29) is 24.2 Å². The third-order valence-corrected chi connectivity index (χ3v) is 5.01. The molecule has 2 aromatic rings. The molecule has 25 heavy (non-hydrogen) atoms. The maximum Gasteiger partial charge on any atom is 0.227 e. The number of nitrogens with zero attached hydrogens (tertiary/aromatic N) is 1. The Labute approximate surface area is 156 Å². The molecule has 2 amide bonds. The third kappa shape index (κ3) is 4.33. The molecular formula is C19H18Cl2N2O2. The summed E-state index contributed by atoms with van der Waals surface area (Å²) in [7, 11) is 0. The molecule has 0 unspecified atom stereocenters. The lowest BCUT2D eigenvalue weighted by Crippen LogP contribution is -2.34. The molecule has 0 spiro atoms. The van der Waals surface area contributed by atoms with Gasteiger partial charge in [-0.1, -0.05) is 53.5 Å². The molecule has 1 aliphatic heterocycles. The molecule has 1 heterocycles. The summed E-state index contributed by atoms with van der Waals surface area (Å²) in [6.45, 7) is 0.911. The van der Waals surface area contributed by atoms with Crippen LogP contribution in [0.4, 0.5) is 5.69 Å². The van der Waals surface area contributed by atoms with Crippen LogP contribution in [0, 0.1) is 5.92 Å². The van der Waals surface area contributed by atoms with Crippen molar-refractivity contribution in [3.05, 3.63) is 64.1 Å². The Kier molecular flexibility index (Phi) is 5.61. The molecule has 1 atom stereocenters. The van der Waals surface area contributed by atoms with Gasteiger partial charge in [-0.2, -0.15) is 0 Å². The fourth-order valence-electron chi connectivity index (χ4n) is 2.90.